The van der Waals surface area contributed by atoms with Crippen LogP contribution in [-0.4, -0.2) is 25.4 Å². The fourth-order valence-corrected chi connectivity index (χ4v) is 4.56. The number of halogens is 1. The summed E-state index contributed by atoms with van der Waals surface area (Å²) in [6, 6.07) is 11.8. The second-order valence-electron chi connectivity index (χ2n) is 8.28. The molecule has 2 aromatic rings. The molecule has 4 heteroatoms. The van der Waals surface area contributed by atoms with Gasteiger partial charge in [-0.3, -0.25) is 0 Å². The van der Waals surface area contributed by atoms with Gasteiger partial charge in [-0.2, -0.15) is 0 Å². The van der Waals surface area contributed by atoms with Crippen LogP contribution in [0.2, 0.25) is 0 Å². The first kappa shape index (κ1) is 21.8. The van der Waals surface area contributed by atoms with Gasteiger partial charge in [0.1, 0.15) is 11.6 Å². The summed E-state index contributed by atoms with van der Waals surface area (Å²) in [5.74, 6) is 1.44. The van der Waals surface area contributed by atoms with Crippen LogP contribution >= 0.6 is 0 Å². The molecule has 2 atom stereocenters. The highest BCUT2D eigenvalue weighted by Gasteiger charge is 2.21. The average Bonchev–Trinajstić information content (AvgIpc) is 2.75. The van der Waals surface area contributed by atoms with Crippen molar-refractivity contribution >= 4 is 0 Å². The molecular weight excluding hydrogens is 365 g/mol. The van der Waals surface area contributed by atoms with Crippen LogP contribution in [0.1, 0.15) is 60.3 Å². The normalized spacial score (nSPS) is 17.0. The van der Waals surface area contributed by atoms with Crippen molar-refractivity contribution in [2.75, 3.05) is 20.3 Å². The van der Waals surface area contributed by atoms with E-state index in [1.54, 1.807) is 7.11 Å². The maximum Gasteiger partial charge on any atom is 0.126 e. The number of aryl methyl sites for hydroxylation is 2. The van der Waals surface area contributed by atoms with Crippen molar-refractivity contribution in [3.8, 4) is 5.75 Å². The maximum atomic E-state index is 13.4. The molecule has 0 unspecified atom stereocenters. The van der Waals surface area contributed by atoms with Gasteiger partial charge in [-0.05, 0) is 91.6 Å². The Hall–Kier alpha value is -1.91. The Kier molecular flexibility index (Phi) is 8.08. The minimum absolute atomic E-state index is 0.250. The van der Waals surface area contributed by atoms with Gasteiger partial charge < -0.3 is 15.6 Å². The van der Waals surface area contributed by atoms with E-state index in [2.05, 4.69) is 18.2 Å². The van der Waals surface area contributed by atoms with Gasteiger partial charge in [-0.1, -0.05) is 30.7 Å². The van der Waals surface area contributed by atoms with Gasteiger partial charge in [-0.25, -0.2) is 4.39 Å². The third-order valence-corrected chi connectivity index (χ3v) is 6.35. The Bertz CT molecular complexity index is 792. The Morgan fingerprint density at radius 2 is 2.03 bits per heavy atom. The predicted octanol–water partition coefficient (Wildman–Crippen LogP) is 4.78. The van der Waals surface area contributed by atoms with Gasteiger partial charge in [-0.15, -0.1) is 0 Å². The smallest absolute Gasteiger partial charge is 0.126 e. The Balaban J connectivity index is 1.60. The summed E-state index contributed by atoms with van der Waals surface area (Å²) in [7, 11) is 1.60. The van der Waals surface area contributed by atoms with E-state index in [0.29, 0.717) is 24.1 Å². The number of nitrogens with two attached hydrogens (primary N) is 1. The number of aliphatic hydroxyl groups excluding tert-OH is 1. The summed E-state index contributed by atoms with van der Waals surface area (Å²) in [4.78, 5) is 0. The van der Waals surface area contributed by atoms with Gasteiger partial charge in [0.2, 0.25) is 0 Å². The monoisotopic (exact) mass is 399 g/mol. The van der Waals surface area contributed by atoms with E-state index in [1.807, 2.05) is 6.07 Å². The van der Waals surface area contributed by atoms with Crippen LogP contribution in [0.4, 0.5) is 4.39 Å². The molecule has 0 spiro atoms. The van der Waals surface area contributed by atoms with Crippen LogP contribution < -0.4 is 10.5 Å². The fraction of sp³-hybridized carbons (Fsp3) is 0.520. The molecule has 0 heterocycles. The van der Waals surface area contributed by atoms with E-state index >= 15 is 0 Å². The number of fused-ring (bicyclic) bond motifs is 1. The van der Waals surface area contributed by atoms with Gasteiger partial charge in [0, 0.05) is 12.7 Å². The molecule has 1 aliphatic carbocycles. The number of rotatable bonds is 10. The number of ether oxygens (including phenoxy) is 1. The molecule has 0 bridgehead atoms. The maximum absolute atomic E-state index is 13.4. The second kappa shape index (κ2) is 10.7. The predicted molar refractivity (Wildman–Crippen MR) is 116 cm³/mol. The molecule has 1 aliphatic rings. The van der Waals surface area contributed by atoms with Crippen LogP contribution in [0.15, 0.2) is 36.4 Å². The van der Waals surface area contributed by atoms with Crippen molar-refractivity contribution < 1.29 is 14.2 Å². The summed E-state index contributed by atoms with van der Waals surface area (Å²) in [5, 5.41) is 9.01. The zero-order chi connectivity index (χ0) is 20.6. The highest BCUT2D eigenvalue weighted by molar-refractivity contribution is 5.37. The van der Waals surface area contributed by atoms with Crippen LogP contribution in [0.3, 0.4) is 0 Å². The minimum atomic E-state index is -0.250. The molecule has 0 saturated carbocycles. The van der Waals surface area contributed by atoms with Gasteiger partial charge >= 0.3 is 0 Å². The molecule has 3 nitrogen and oxygen atoms in total. The van der Waals surface area contributed by atoms with Crippen LogP contribution in [-0.2, 0) is 19.3 Å². The first-order chi connectivity index (χ1) is 14.1. The zero-order valence-electron chi connectivity index (χ0n) is 17.5. The van der Waals surface area contributed by atoms with Crippen molar-refractivity contribution in [2.45, 2.75) is 57.3 Å². The van der Waals surface area contributed by atoms with Crippen LogP contribution in [0.5, 0.6) is 5.75 Å². The molecule has 0 radical (unpaired) electrons. The lowest BCUT2D eigenvalue weighted by atomic mass is 9.79. The Labute approximate surface area is 174 Å². The quantitative estimate of drug-likeness (QED) is 0.566. The molecule has 158 valence electrons. The van der Waals surface area contributed by atoms with Gasteiger partial charge in [0.25, 0.3) is 0 Å². The topological polar surface area (TPSA) is 55.5 Å². The van der Waals surface area contributed by atoms with E-state index in [-0.39, 0.29) is 12.4 Å². The largest absolute Gasteiger partial charge is 0.496 e. The minimum Gasteiger partial charge on any atom is -0.496 e. The summed E-state index contributed by atoms with van der Waals surface area (Å²) in [6.45, 7) is 0.916. The molecular formula is C25H34FNO2. The van der Waals surface area contributed by atoms with Crippen molar-refractivity contribution in [1.29, 1.82) is 0 Å². The molecule has 29 heavy (non-hydrogen) atoms. The van der Waals surface area contributed by atoms with E-state index < -0.39 is 0 Å². The molecule has 3 rings (SSSR count). The first-order valence-electron chi connectivity index (χ1n) is 10.9. The number of methoxy groups -OCH3 is 1. The highest BCUT2D eigenvalue weighted by atomic mass is 19.1. The standard InChI is InChI=1S/C25H34FNO2/c1-29-25-16-24(26)12-11-19(25)7-5-18-6-8-21-15-22(10-9-20(21)14-18)23(17-27)4-2-3-13-28/h9-12,15-16,18,23,28H,2-8,13-14,17,27H2,1H3/t18-,23+/m1/s1. The lowest BCUT2D eigenvalue weighted by molar-refractivity contribution is 0.281. The second-order valence-corrected chi connectivity index (χ2v) is 8.28. The Morgan fingerprint density at radius 1 is 1.17 bits per heavy atom. The third kappa shape index (κ3) is 5.80. The lowest BCUT2D eigenvalue weighted by Crippen LogP contribution is -2.17. The van der Waals surface area contributed by atoms with Gasteiger partial charge in [0.05, 0.1) is 7.11 Å². The van der Waals surface area contributed by atoms with Crippen molar-refractivity contribution in [3.05, 3.63) is 64.5 Å². The van der Waals surface area contributed by atoms with Crippen LogP contribution in [0, 0.1) is 11.7 Å². The van der Waals surface area contributed by atoms with Crippen molar-refractivity contribution in [2.24, 2.45) is 11.7 Å². The summed E-state index contributed by atoms with van der Waals surface area (Å²) >= 11 is 0. The summed E-state index contributed by atoms with van der Waals surface area (Å²) in [6.07, 6.45) is 8.33. The van der Waals surface area contributed by atoms with E-state index in [0.717, 1.165) is 50.5 Å². The lowest BCUT2D eigenvalue weighted by Gasteiger charge is -2.26. The molecule has 0 saturated heterocycles. The molecule has 0 amide bonds. The summed E-state index contributed by atoms with van der Waals surface area (Å²) in [5.41, 5.74) is 11.4. The van der Waals surface area contributed by atoms with E-state index in [9.17, 15) is 4.39 Å². The Morgan fingerprint density at radius 3 is 2.79 bits per heavy atom. The number of benzene rings is 2. The average molecular weight is 400 g/mol. The first-order valence-corrected chi connectivity index (χ1v) is 10.9. The zero-order valence-corrected chi connectivity index (χ0v) is 17.5. The van der Waals surface area contributed by atoms with Crippen LogP contribution in [0.25, 0.3) is 0 Å². The van der Waals surface area contributed by atoms with Crippen molar-refractivity contribution in [3.63, 3.8) is 0 Å². The highest BCUT2D eigenvalue weighted by Crippen LogP contribution is 2.32. The van der Waals surface area contributed by atoms with Crippen molar-refractivity contribution in [1.82, 2.24) is 0 Å². The fourth-order valence-electron chi connectivity index (χ4n) is 4.56. The molecule has 0 aliphatic heterocycles. The molecule has 3 N–H and O–H groups in total. The number of aliphatic hydroxyl groups is 1. The SMILES string of the molecule is COc1cc(F)ccc1CC[C@@H]1CCc2cc([C@H](CN)CCCCO)ccc2C1. The third-order valence-electron chi connectivity index (χ3n) is 6.35. The van der Waals surface area contributed by atoms with E-state index in [1.165, 1.54) is 35.2 Å². The number of hydrogen-bond donors (Lipinski definition) is 2. The number of unbranched alkanes of at least 4 members (excludes halogenated alkanes) is 1. The summed E-state index contributed by atoms with van der Waals surface area (Å²) < 4.78 is 18.7. The van der Waals surface area contributed by atoms with Gasteiger partial charge in [0.15, 0.2) is 0 Å². The van der Waals surface area contributed by atoms with E-state index in [4.69, 9.17) is 15.6 Å². The number of hydrogen-bond acceptors (Lipinski definition) is 3. The molecule has 2 aromatic carbocycles. The molecule has 0 fully saturated rings. The molecule has 0 aromatic heterocycles.